The summed E-state index contributed by atoms with van der Waals surface area (Å²) in [6.45, 7) is 0.623. The number of hydrogen-bond donors (Lipinski definition) is 2. The summed E-state index contributed by atoms with van der Waals surface area (Å²) < 4.78 is 0. The van der Waals surface area contributed by atoms with Gasteiger partial charge in [0.2, 0.25) is 0 Å². The van der Waals surface area contributed by atoms with Crippen LogP contribution in [0.15, 0.2) is 66.0 Å². The number of thioether (sulfide) groups is 1. The number of nitrogens with one attached hydrogen (secondary N) is 2. The highest BCUT2D eigenvalue weighted by Gasteiger charge is 2.05. The molecule has 0 fully saturated rings. The topological polar surface area (TPSA) is 53.1 Å². The highest BCUT2D eigenvalue weighted by Crippen LogP contribution is 2.26. The van der Waals surface area contributed by atoms with E-state index in [-0.39, 0.29) is 0 Å². The molecular formula is C20H20Cl2N4S. The Hall–Kier alpha value is -1.95. The van der Waals surface area contributed by atoms with Gasteiger partial charge in [0.15, 0.2) is 5.17 Å². The monoisotopic (exact) mass is 418 g/mol. The summed E-state index contributed by atoms with van der Waals surface area (Å²) in [7, 11) is 0. The van der Waals surface area contributed by atoms with Crippen molar-refractivity contribution < 1.29 is 0 Å². The van der Waals surface area contributed by atoms with Crippen LogP contribution in [0.4, 0.5) is 5.69 Å². The van der Waals surface area contributed by atoms with Gasteiger partial charge in [0, 0.05) is 23.3 Å². The fraction of sp³-hybridized carbons (Fsp3) is 0.200. The number of halogens is 2. The molecule has 0 saturated heterocycles. The average Bonchev–Trinajstić information content (AvgIpc) is 3.20. The highest BCUT2D eigenvalue weighted by molar-refractivity contribution is 8.14. The van der Waals surface area contributed by atoms with Gasteiger partial charge >= 0.3 is 0 Å². The zero-order valence-corrected chi connectivity index (χ0v) is 17.0. The van der Waals surface area contributed by atoms with Gasteiger partial charge in [-0.3, -0.25) is 4.99 Å². The number of aromatic amines is 1. The van der Waals surface area contributed by atoms with E-state index in [0.29, 0.717) is 16.6 Å². The van der Waals surface area contributed by atoms with Crippen LogP contribution in [0, 0.1) is 0 Å². The Balaban J connectivity index is 1.62. The molecule has 0 radical (unpaired) electrons. The van der Waals surface area contributed by atoms with E-state index >= 15 is 0 Å². The quantitative estimate of drug-likeness (QED) is 0.278. The molecule has 3 rings (SSSR count). The van der Waals surface area contributed by atoms with Gasteiger partial charge in [-0.25, -0.2) is 4.98 Å². The third-order valence-corrected chi connectivity index (χ3v) is 5.54. The Labute approximate surface area is 173 Å². The van der Waals surface area contributed by atoms with Crippen molar-refractivity contribution in [2.75, 3.05) is 11.1 Å². The first-order valence-electron chi connectivity index (χ1n) is 8.61. The molecule has 0 amide bonds. The molecule has 140 valence electrons. The lowest BCUT2D eigenvalue weighted by Gasteiger charge is -2.11. The lowest BCUT2D eigenvalue weighted by molar-refractivity contribution is 0.903. The smallest absolute Gasteiger partial charge is 0.161 e. The van der Waals surface area contributed by atoms with E-state index in [1.54, 1.807) is 24.2 Å². The molecule has 0 saturated carbocycles. The molecule has 0 unspecified atom stereocenters. The maximum atomic E-state index is 6.13. The van der Waals surface area contributed by atoms with Gasteiger partial charge in [0.25, 0.3) is 0 Å². The number of rotatable bonds is 7. The molecule has 2 N–H and O–H groups in total. The molecular weight excluding hydrogens is 399 g/mol. The Morgan fingerprint density at radius 3 is 2.70 bits per heavy atom. The first-order valence-corrected chi connectivity index (χ1v) is 10.4. The van der Waals surface area contributed by atoms with Crippen LogP contribution in [0.1, 0.15) is 17.7 Å². The Bertz CT molecular complexity index is 867. The van der Waals surface area contributed by atoms with Gasteiger partial charge < -0.3 is 10.3 Å². The van der Waals surface area contributed by atoms with Gasteiger partial charge in [-0.05, 0) is 36.6 Å². The van der Waals surface area contributed by atoms with Gasteiger partial charge in [0.1, 0.15) is 0 Å². The number of amidine groups is 1. The maximum Gasteiger partial charge on any atom is 0.161 e. The van der Waals surface area contributed by atoms with Crippen molar-refractivity contribution in [1.82, 2.24) is 9.97 Å². The summed E-state index contributed by atoms with van der Waals surface area (Å²) in [5, 5.41) is 5.28. The molecule has 27 heavy (non-hydrogen) atoms. The summed E-state index contributed by atoms with van der Waals surface area (Å²) in [4.78, 5) is 11.9. The number of imidazole rings is 1. The van der Waals surface area contributed by atoms with Crippen molar-refractivity contribution >= 4 is 45.8 Å². The van der Waals surface area contributed by atoms with E-state index in [1.165, 1.54) is 5.56 Å². The molecule has 1 aromatic heterocycles. The van der Waals surface area contributed by atoms with Crippen LogP contribution in [-0.4, -0.2) is 20.9 Å². The minimum absolute atomic E-state index is 0.522. The average molecular weight is 419 g/mol. The van der Waals surface area contributed by atoms with Crippen LogP contribution in [0.25, 0.3) is 0 Å². The zero-order valence-electron chi connectivity index (χ0n) is 14.7. The molecule has 0 spiro atoms. The van der Waals surface area contributed by atoms with Crippen LogP contribution < -0.4 is 5.32 Å². The van der Waals surface area contributed by atoms with E-state index in [9.17, 15) is 0 Å². The first-order chi connectivity index (χ1) is 13.2. The van der Waals surface area contributed by atoms with E-state index < -0.39 is 0 Å². The number of aromatic nitrogens is 2. The SMILES string of the molecule is Clc1ccc(NC(=NCc2ccccc2)SCCCc2cnc[nH]2)cc1Cl. The zero-order chi connectivity index (χ0) is 18.9. The molecule has 0 aliphatic heterocycles. The second-order valence-corrected chi connectivity index (χ2v) is 7.79. The number of aliphatic imine (C=N–C) groups is 1. The van der Waals surface area contributed by atoms with Crippen molar-refractivity contribution in [2.45, 2.75) is 19.4 Å². The third kappa shape index (κ3) is 6.61. The van der Waals surface area contributed by atoms with Crippen molar-refractivity contribution in [3.63, 3.8) is 0 Å². The minimum Gasteiger partial charge on any atom is -0.348 e. The standard InChI is InChI=1S/C20H20Cl2N4S/c21-18-9-8-16(11-19(18)22)26-20(24-12-15-5-2-1-3-6-15)27-10-4-7-17-13-23-14-25-17/h1-3,5-6,8-9,11,13-14H,4,7,10,12H2,(H,23,25)(H,24,26). The Kier molecular flexibility index (Phi) is 7.63. The normalized spacial score (nSPS) is 11.6. The van der Waals surface area contributed by atoms with Crippen molar-refractivity contribution in [2.24, 2.45) is 4.99 Å². The number of H-pyrrole nitrogens is 1. The summed E-state index contributed by atoms with van der Waals surface area (Å²) >= 11 is 13.8. The summed E-state index contributed by atoms with van der Waals surface area (Å²) in [6, 6.07) is 15.7. The van der Waals surface area contributed by atoms with Gasteiger partial charge in [-0.15, -0.1) is 0 Å². The van der Waals surface area contributed by atoms with Crippen molar-refractivity contribution in [1.29, 1.82) is 0 Å². The third-order valence-electron chi connectivity index (χ3n) is 3.80. The van der Waals surface area contributed by atoms with Crippen LogP contribution >= 0.6 is 35.0 Å². The van der Waals surface area contributed by atoms with E-state index in [4.69, 9.17) is 28.2 Å². The predicted molar refractivity (Wildman–Crippen MR) is 117 cm³/mol. The maximum absolute atomic E-state index is 6.13. The number of nitrogens with zero attached hydrogens (tertiary/aromatic N) is 2. The molecule has 7 heteroatoms. The predicted octanol–water partition coefficient (Wildman–Crippen LogP) is 6.05. The van der Waals surface area contributed by atoms with E-state index in [0.717, 1.165) is 35.1 Å². The minimum atomic E-state index is 0.522. The molecule has 4 nitrogen and oxygen atoms in total. The number of aryl methyl sites for hydroxylation is 1. The Morgan fingerprint density at radius 1 is 1.11 bits per heavy atom. The molecule has 0 bridgehead atoms. The molecule has 3 aromatic rings. The van der Waals surface area contributed by atoms with Crippen LogP contribution in [0.2, 0.25) is 10.0 Å². The lowest BCUT2D eigenvalue weighted by atomic mass is 10.2. The first kappa shape index (κ1) is 19.8. The van der Waals surface area contributed by atoms with Gasteiger partial charge in [-0.1, -0.05) is 65.3 Å². The number of benzene rings is 2. The van der Waals surface area contributed by atoms with Crippen LogP contribution in [0.3, 0.4) is 0 Å². The summed E-state index contributed by atoms with van der Waals surface area (Å²) in [5.74, 6) is 0.945. The van der Waals surface area contributed by atoms with Crippen LogP contribution in [0.5, 0.6) is 0 Å². The van der Waals surface area contributed by atoms with Crippen molar-refractivity contribution in [3.8, 4) is 0 Å². The summed E-state index contributed by atoms with van der Waals surface area (Å²) in [6.07, 6.45) is 5.57. The second-order valence-electron chi connectivity index (χ2n) is 5.89. The highest BCUT2D eigenvalue weighted by atomic mass is 35.5. The second kappa shape index (κ2) is 10.4. The summed E-state index contributed by atoms with van der Waals surface area (Å²) in [5.41, 5.74) is 3.19. The largest absolute Gasteiger partial charge is 0.348 e. The molecule has 2 aromatic carbocycles. The van der Waals surface area contributed by atoms with Crippen molar-refractivity contribution in [3.05, 3.63) is 82.4 Å². The number of anilines is 1. The fourth-order valence-corrected chi connectivity index (χ4v) is 3.54. The molecule has 0 aliphatic carbocycles. The van der Waals surface area contributed by atoms with Gasteiger partial charge in [-0.2, -0.15) is 0 Å². The molecule has 0 aliphatic rings. The molecule has 1 heterocycles. The molecule has 0 atom stereocenters. The fourth-order valence-electron chi connectivity index (χ4n) is 2.42. The van der Waals surface area contributed by atoms with E-state index in [1.807, 2.05) is 36.5 Å². The Morgan fingerprint density at radius 2 is 1.96 bits per heavy atom. The number of hydrogen-bond acceptors (Lipinski definition) is 3. The lowest BCUT2D eigenvalue weighted by Crippen LogP contribution is -2.09. The van der Waals surface area contributed by atoms with Crippen LogP contribution in [-0.2, 0) is 13.0 Å². The van der Waals surface area contributed by atoms with Gasteiger partial charge in [0.05, 0.1) is 22.9 Å². The van der Waals surface area contributed by atoms with E-state index in [2.05, 4.69) is 27.4 Å².